The van der Waals surface area contributed by atoms with Crippen LogP contribution in [0.2, 0.25) is 0 Å². The molecule has 0 amide bonds. The minimum absolute atomic E-state index is 0.0220. The first kappa shape index (κ1) is 14.7. The third-order valence-electron chi connectivity index (χ3n) is 3.72. The van der Waals surface area contributed by atoms with Gasteiger partial charge in [0.2, 0.25) is 0 Å². The lowest BCUT2D eigenvalue weighted by Gasteiger charge is -2.26. The fourth-order valence-electron chi connectivity index (χ4n) is 2.61. The number of ether oxygens (including phenoxy) is 2. The summed E-state index contributed by atoms with van der Waals surface area (Å²) in [6, 6.07) is 9.09. The van der Waals surface area contributed by atoms with E-state index in [2.05, 4.69) is 0 Å². The van der Waals surface area contributed by atoms with Crippen LogP contribution in [0, 0.1) is 17.2 Å². The molecule has 1 aliphatic carbocycles. The molecule has 1 aromatic rings. The van der Waals surface area contributed by atoms with E-state index in [-0.39, 0.29) is 6.61 Å². The lowest BCUT2D eigenvalue weighted by molar-refractivity contribution is 0.0413. The van der Waals surface area contributed by atoms with E-state index in [1.54, 1.807) is 12.1 Å². The minimum atomic E-state index is -0.404. The van der Waals surface area contributed by atoms with Gasteiger partial charge in [-0.05, 0) is 30.9 Å². The Balaban J connectivity index is 1.82. The molecule has 4 heteroatoms. The first-order valence-corrected chi connectivity index (χ1v) is 7.20. The summed E-state index contributed by atoms with van der Waals surface area (Å²) in [4.78, 5) is 0. The molecule has 1 aromatic carbocycles. The van der Waals surface area contributed by atoms with Gasteiger partial charge in [-0.15, -0.1) is 0 Å². The summed E-state index contributed by atoms with van der Waals surface area (Å²) in [5.41, 5.74) is 0. The van der Waals surface area contributed by atoms with Crippen LogP contribution in [0.4, 0.5) is 0 Å². The SMILES string of the molecule is N#CCOc1cccc(OCC(O)C2CCCCC2)c1. The predicted octanol–water partition coefficient (Wildman–Crippen LogP) is 2.91. The second-order valence-corrected chi connectivity index (χ2v) is 5.20. The molecule has 1 aliphatic rings. The standard InChI is InChI=1S/C16H21NO3/c17-9-10-19-14-7-4-8-15(11-14)20-12-16(18)13-5-2-1-3-6-13/h4,7-8,11,13,16,18H,1-3,5-6,10,12H2. The van der Waals surface area contributed by atoms with Gasteiger partial charge in [-0.2, -0.15) is 5.26 Å². The Bertz CT molecular complexity index is 449. The Morgan fingerprint density at radius 1 is 1.20 bits per heavy atom. The van der Waals surface area contributed by atoms with E-state index in [9.17, 15) is 5.11 Å². The molecule has 0 aliphatic heterocycles. The van der Waals surface area contributed by atoms with E-state index in [0.29, 0.717) is 24.0 Å². The number of hydrogen-bond acceptors (Lipinski definition) is 4. The molecule has 0 heterocycles. The van der Waals surface area contributed by atoms with Crippen molar-refractivity contribution >= 4 is 0 Å². The van der Waals surface area contributed by atoms with E-state index in [0.717, 1.165) is 12.8 Å². The van der Waals surface area contributed by atoms with Crippen molar-refractivity contribution in [2.24, 2.45) is 5.92 Å². The monoisotopic (exact) mass is 275 g/mol. The van der Waals surface area contributed by atoms with Crippen LogP contribution >= 0.6 is 0 Å². The molecule has 1 fully saturated rings. The zero-order valence-electron chi connectivity index (χ0n) is 11.6. The van der Waals surface area contributed by atoms with E-state index in [1.807, 2.05) is 18.2 Å². The Hall–Kier alpha value is -1.73. The normalized spacial score (nSPS) is 17.2. The summed E-state index contributed by atoms with van der Waals surface area (Å²) < 4.78 is 10.8. The quantitative estimate of drug-likeness (QED) is 0.867. The number of aliphatic hydroxyl groups is 1. The molecule has 0 spiro atoms. The number of nitriles is 1. The van der Waals surface area contributed by atoms with Crippen LogP contribution in [0.15, 0.2) is 24.3 Å². The second kappa shape index (κ2) is 7.76. The summed E-state index contributed by atoms with van der Waals surface area (Å²) in [6.45, 7) is 0.334. The molecule has 108 valence electrons. The van der Waals surface area contributed by atoms with E-state index in [4.69, 9.17) is 14.7 Å². The molecule has 0 radical (unpaired) electrons. The smallest absolute Gasteiger partial charge is 0.174 e. The molecule has 2 rings (SSSR count). The molecule has 1 N–H and O–H groups in total. The van der Waals surface area contributed by atoms with Crippen molar-refractivity contribution in [2.45, 2.75) is 38.2 Å². The average molecular weight is 275 g/mol. The number of rotatable bonds is 6. The van der Waals surface area contributed by atoms with Gasteiger partial charge in [0.15, 0.2) is 6.61 Å². The largest absolute Gasteiger partial charge is 0.491 e. The molecule has 4 nitrogen and oxygen atoms in total. The van der Waals surface area contributed by atoms with Gasteiger partial charge in [0.1, 0.15) is 24.2 Å². The highest BCUT2D eigenvalue weighted by atomic mass is 16.5. The van der Waals surface area contributed by atoms with Gasteiger partial charge in [-0.25, -0.2) is 0 Å². The zero-order valence-corrected chi connectivity index (χ0v) is 11.6. The molecule has 20 heavy (non-hydrogen) atoms. The van der Waals surface area contributed by atoms with Gasteiger partial charge in [0.25, 0.3) is 0 Å². The van der Waals surface area contributed by atoms with Gasteiger partial charge in [-0.3, -0.25) is 0 Å². The van der Waals surface area contributed by atoms with Gasteiger partial charge >= 0.3 is 0 Å². The van der Waals surface area contributed by atoms with E-state index < -0.39 is 6.10 Å². The van der Waals surface area contributed by atoms with Gasteiger partial charge in [0, 0.05) is 6.07 Å². The van der Waals surface area contributed by atoms with Crippen LogP contribution in [0.25, 0.3) is 0 Å². The molecule has 0 saturated heterocycles. The Morgan fingerprint density at radius 2 is 1.90 bits per heavy atom. The first-order chi connectivity index (χ1) is 9.79. The summed E-state index contributed by atoms with van der Waals surface area (Å²) in [6.07, 6.45) is 5.48. The highest BCUT2D eigenvalue weighted by Crippen LogP contribution is 2.27. The zero-order chi connectivity index (χ0) is 14.2. The highest BCUT2D eigenvalue weighted by Gasteiger charge is 2.22. The van der Waals surface area contributed by atoms with Crippen LogP contribution in [-0.2, 0) is 0 Å². The van der Waals surface area contributed by atoms with Crippen molar-refractivity contribution in [2.75, 3.05) is 13.2 Å². The maximum Gasteiger partial charge on any atom is 0.174 e. The first-order valence-electron chi connectivity index (χ1n) is 7.20. The fraction of sp³-hybridized carbons (Fsp3) is 0.562. The average Bonchev–Trinajstić information content (AvgIpc) is 2.52. The molecule has 0 aromatic heterocycles. The van der Waals surface area contributed by atoms with Crippen molar-refractivity contribution in [1.29, 1.82) is 5.26 Å². The minimum Gasteiger partial charge on any atom is -0.491 e. The van der Waals surface area contributed by atoms with Crippen LogP contribution < -0.4 is 9.47 Å². The molecule has 1 atom stereocenters. The molecule has 0 bridgehead atoms. The summed E-state index contributed by atoms with van der Waals surface area (Å²) in [5, 5.41) is 18.6. The van der Waals surface area contributed by atoms with Crippen molar-refractivity contribution in [3.8, 4) is 17.6 Å². The molecular formula is C16H21NO3. The van der Waals surface area contributed by atoms with Crippen molar-refractivity contribution < 1.29 is 14.6 Å². The Morgan fingerprint density at radius 3 is 2.60 bits per heavy atom. The van der Waals surface area contributed by atoms with E-state index >= 15 is 0 Å². The summed E-state index contributed by atoms with van der Waals surface area (Å²) in [7, 11) is 0. The lowest BCUT2D eigenvalue weighted by Crippen LogP contribution is -2.28. The van der Waals surface area contributed by atoms with Crippen LogP contribution in [0.1, 0.15) is 32.1 Å². The maximum absolute atomic E-state index is 10.1. The van der Waals surface area contributed by atoms with Gasteiger partial charge < -0.3 is 14.6 Å². The van der Waals surface area contributed by atoms with E-state index in [1.165, 1.54) is 19.3 Å². The number of hydrogen-bond donors (Lipinski definition) is 1. The number of nitrogens with zero attached hydrogens (tertiary/aromatic N) is 1. The number of benzene rings is 1. The molecule has 1 saturated carbocycles. The van der Waals surface area contributed by atoms with Crippen molar-refractivity contribution in [3.05, 3.63) is 24.3 Å². The maximum atomic E-state index is 10.1. The van der Waals surface area contributed by atoms with Gasteiger partial charge in [0.05, 0.1) is 6.10 Å². The molecular weight excluding hydrogens is 254 g/mol. The number of aliphatic hydroxyl groups excluding tert-OH is 1. The Labute approximate surface area is 119 Å². The topological polar surface area (TPSA) is 62.5 Å². The molecule has 1 unspecified atom stereocenters. The second-order valence-electron chi connectivity index (χ2n) is 5.20. The lowest BCUT2D eigenvalue weighted by atomic mass is 9.85. The van der Waals surface area contributed by atoms with Crippen molar-refractivity contribution in [1.82, 2.24) is 0 Å². The fourth-order valence-corrected chi connectivity index (χ4v) is 2.61. The van der Waals surface area contributed by atoms with Crippen LogP contribution in [0.5, 0.6) is 11.5 Å². The highest BCUT2D eigenvalue weighted by molar-refractivity contribution is 5.33. The Kier molecular flexibility index (Phi) is 5.69. The summed E-state index contributed by atoms with van der Waals surface area (Å²) in [5.74, 6) is 1.63. The third kappa shape index (κ3) is 4.43. The third-order valence-corrected chi connectivity index (χ3v) is 3.72. The van der Waals surface area contributed by atoms with Gasteiger partial charge in [-0.1, -0.05) is 25.3 Å². The predicted molar refractivity (Wildman–Crippen MR) is 75.6 cm³/mol. The van der Waals surface area contributed by atoms with Crippen LogP contribution in [-0.4, -0.2) is 24.4 Å². The van der Waals surface area contributed by atoms with Crippen molar-refractivity contribution in [3.63, 3.8) is 0 Å². The van der Waals surface area contributed by atoms with Crippen LogP contribution in [0.3, 0.4) is 0 Å². The summed E-state index contributed by atoms with van der Waals surface area (Å²) >= 11 is 0.